The number of hydrogen-bond acceptors (Lipinski definition) is 7. The minimum absolute atomic E-state index is 0.622. The first kappa shape index (κ1) is 27.2. The van der Waals surface area contributed by atoms with Crippen LogP contribution in [0.5, 0.6) is 0 Å². The molecule has 1 unspecified atom stereocenters. The van der Waals surface area contributed by atoms with E-state index in [4.69, 9.17) is 0 Å². The van der Waals surface area contributed by atoms with Gasteiger partial charge < -0.3 is 10.2 Å². The zero-order valence-corrected chi connectivity index (χ0v) is 23.9. The van der Waals surface area contributed by atoms with Crippen molar-refractivity contribution < 1.29 is 0 Å². The lowest BCUT2D eigenvalue weighted by molar-refractivity contribution is 0.00763. The van der Waals surface area contributed by atoms with Gasteiger partial charge >= 0.3 is 0 Å². The van der Waals surface area contributed by atoms with E-state index in [1.807, 2.05) is 11.9 Å². The smallest absolute Gasteiger partial charge is 0.0198 e. The van der Waals surface area contributed by atoms with Gasteiger partial charge in [0.05, 0.1) is 0 Å². The summed E-state index contributed by atoms with van der Waals surface area (Å²) < 4.78 is 2.54. The van der Waals surface area contributed by atoms with E-state index in [2.05, 4.69) is 70.2 Å². The van der Waals surface area contributed by atoms with Crippen molar-refractivity contribution in [3.63, 3.8) is 0 Å². The molecule has 0 aliphatic carbocycles. The Morgan fingerprint density at radius 1 is 0.824 bits per heavy atom. The Balaban J connectivity index is 1.18. The number of nitrogens with zero attached hydrogens (tertiary/aromatic N) is 5. The molecule has 0 spiro atoms. The van der Waals surface area contributed by atoms with E-state index in [-0.39, 0.29) is 0 Å². The number of hydrogen-bond donors (Lipinski definition) is 1. The average Bonchev–Trinajstić information content (AvgIpc) is 2.85. The summed E-state index contributed by atoms with van der Waals surface area (Å²) in [6.45, 7) is 19.7. The predicted molar refractivity (Wildman–Crippen MR) is 148 cm³/mol. The maximum atomic E-state index is 3.94. The van der Waals surface area contributed by atoms with Crippen molar-refractivity contribution in [3.05, 3.63) is 0 Å². The molecule has 0 saturated carbocycles. The van der Waals surface area contributed by atoms with Gasteiger partial charge in [0.15, 0.2) is 0 Å². The lowest BCUT2D eigenvalue weighted by Crippen LogP contribution is -2.59. The number of likely N-dealkylation sites (tertiary alicyclic amines) is 1. The molecule has 0 radical (unpaired) electrons. The van der Waals surface area contributed by atoms with Gasteiger partial charge in [0.1, 0.15) is 0 Å². The van der Waals surface area contributed by atoms with Crippen LogP contribution in [-0.2, 0) is 0 Å². The van der Waals surface area contributed by atoms with E-state index < -0.39 is 0 Å². The van der Waals surface area contributed by atoms with Crippen LogP contribution in [0.15, 0.2) is 0 Å². The second-order valence-electron chi connectivity index (χ2n) is 12.1. The van der Waals surface area contributed by atoms with Crippen LogP contribution in [0.1, 0.15) is 66.2 Å². The molecule has 0 aromatic heterocycles. The number of piperidine rings is 2. The van der Waals surface area contributed by atoms with Gasteiger partial charge in [0.25, 0.3) is 0 Å². The third kappa shape index (κ3) is 6.90. The predicted octanol–water partition coefficient (Wildman–Crippen LogP) is 3.05. The summed E-state index contributed by atoms with van der Waals surface area (Å²) in [6, 6.07) is 4.96. The highest BCUT2D eigenvalue weighted by molar-refractivity contribution is 7.96. The van der Waals surface area contributed by atoms with Crippen molar-refractivity contribution >= 4 is 11.9 Å². The highest BCUT2D eigenvalue weighted by Gasteiger charge is 2.34. The monoisotopic (exact) mass is 494 g/mol. The third-order valence-corrected chi connectivity index (χ3v) is 10.5. The normalized spacial score (nSPS) is 36.2. The first-order valence-electron chi connectivity index (χ1n) is 14.3. The van der Waals surface area contributed by atoms with Crippen LogP contribution < -0.4 is 5.32 Å². The zero-order chi connectivity index (χ0) is 24.2. The van der Waals surface area contributed by atoms with Crippen molar-refractivity contribution in [2.45, 2.75) is 109 Å². The van der Waals surface area contributed by atoms with Gasteiger partial charge in [-0.2, -0.15) is 0 Å². The lowest BCUT2D eigenvalue weighted by atomic mass is 9.95. The average molecular weight is 495 g/mol. The molecule has 6 nitrogen and oxygen atoms in total. The fourth-order valence-electron chi connectivity index (χ4n) is 7.14. The molecule has 0 aromatic rings. The van der Waals surface area contributed by atoms with E-state index >= 15 is 0 Å². The molecule has 34 heavy (non-hydrogen) atoms. The number of rotatable bonds is 7. The summed E-state index contributed by atoms with van der Waals surface area (Å²) >= 11 is 1.92. The molecule has 1 N–H and O–H groups in total. The minimum Gasteiger partial charge on any atom is -0.309 e. The fraction of sp³-hybridized carbons (Fsp3) is 1.00. The molecule has 4 fully saturated rings. The van der Waals surface area contributed by atoms with Crippen LogP contribution >= 0.6 is 11.9 Å². The summed E-state index contributed by atoms with van der Waals surface area (Å²) in [6.07, 6.45) is 10.3. The van der Waals surface area contributed by atoms with Gasteiger partial charge in [-0.05, 0) is 92.6 Å². The van der Waals surface area contributed by atoms with Crippen molar-refractivity contribution in [1.29, 1.82) is 0 Å². The minimum atomic E-state index is 0.622. The molecule has 4 aliphatic heterocycles. The van der Waals surface area contributed by atoms with Crippen LogP contribution in [0, 0.1) is 0 Å². The highest BCUT2D eigenvalue weighted by Crippen LogP contribution is 2.26. The van der Waals surface area contributed by atoms with Gasteiger partial charge in [-0.15, -0.1) is 0 Å². The van der Waals surface area contributed by atoms with E-state index in [0.29, 0.717) is 30.2 Å². The molecule has 4 heterocycles. The number of nitrogens with one attached hydrogen (secondary N) is 1. The molecule has 198 valence electrons. The molecular formula is C27H54N6S. The summed E-state index contributed by atoms with van der Waals surface area (Å²) in [7, 11) is 2.30. The van der Waals surface area contributed by atoms with Crippen LogP contribution in [-0.4, -0.2) is 132 Å². The molecule has 5 atom stereocenters. The lowest BCUT2D eigenvalue weighted by Gasteiger charge is -2.48. The summed E-state index contributed by atoms with van der Waals surface area (Å²) in [4.78, 5) is 11.0. The molecule has 4 saturated heterocycles. The van der Waals surface area contributed by atoms with Gasteiger partial charge in [0.2, 0.25) is 0 Å². The summed E-state index contributed by atoms with van der Waals surface area (Å²) in [5, 5.41) is 3.94. The van der Waals surface area contributed by atoms with Crippen molar-refractivity contribution in [2.24, 2.45) is 0 Å². The van der Waals surface area contributed by atoms with Crippen LogP contribution in [0.4, 0.5) is 0 Å². The van der Waals surface area contributed by atoms with E-state index in [9.17, 15) is 0 Å². The Morgan fingerprint density at radius 2 is 1.38 bits per heavy atom. The van der Waals surface area contributed by atoms with Gasteiger partial charge in [-0.1, -0.05) is 11.9 Å². The summed E-state index contributed by atoms with van der Waals surface area (Å²) in [5.74, 6) is 0. The Kier molecular flexibility index (Phi) is 10.0. The second kappa shape index (κ2) is 12.6. The number of likely N-dealkylation sites (N-methyl/N-ethyl adjacent to an activating group) is 1. The van der Waals surface area contributed by atoms with Crippen molar-refractivity contribution in [1.82, 2.24) is 29.2 Å². The van der Waals surface area contributed by atoms with E-state index in [0.717, 1.165) is 12.1 Å². The van der Waals surface area contributed by atoms with Crippen molar-refractivity contribution in [2.75, 3.05) is 65.7 Å². The SMILES string of the molecule is CSN1CCC(N2C[C@@H](CCC(C)N3CCC(N4C[C@@H](C)N(C)[C@@H](C)C4)CC3)N[C@@H](C)C2)CC1. The quantitative estimate of drug-likeness (QED) is 0.544. The molecule has 0 bridgehead atoms. The topological polar surface area (TPSA) is 28.2 Å². The van der Waals surface area contributed by atoms with Crippen LogP contribution in [0.3, 0.4) is 0 Å². The van der Waals surface area contributed by atoms with Gasteiger partial charge in [-0.25, -0.2) is 0 Å². The highest BCUT2D eigenvalue weighted by atomic mass is 32.2. The largest absolute Gasteiger partial charge is 0.309 e. The molecular weight excluding hydrogens is 440 g/mol. The molecule has 4 rings (SSSR count). The van der Waals surface area contributed by atoms with Crippen molar-refractivity contribution in [3.8, 4) is 0 Å². The molecule has 7 heteroatoms. The molecule has 4 aliphatic rings. The van der Waals surface area contributed by atoms with Gasteiger partial charge in [-0.3, -0.25) is 19.0 Å². The summed E-state index contributed by atoms with van der Waals surface area (Å²) in [5.41, 5.74) is 0. The Hall–Kier alpha value is 0.110. The zero-order valence-electron chi connectivity index (χ0n) is 23.1. The maximum Gasteiger partial charge on any atom is 0.0198 e. The maximum absolute atomic E-state index is 3.94. The first-order valence-corrected chi connectivity index (χ1v) is 15.5. The van der Waals surface area contributed by atoms with Gasteiger partial charge in [0, 0.05) is 81.6 Å². The fourth-order valence-corrected chi connectivity index (χ4v) is 7.72. The Labute approximate surface area is 215 Å². The Bertz CT molecular complexity index is 594. The van der Waals surface area contributed by atoms with Crippen LogP contribution in [0.25, 0.3) is 0 Å². The first-order chi connectivity index (χ1) is 16.3. The Morgan fingerprint density at radius 3 is 1.97 bits per heavy atom. The second-order valence-corrected chi connectivity index (χ2v) is 13.0. The third-order valence-electron chi connectivity index (χ3n) is 9.64. The van der Waals surface area contributed by atoms with E-state index in [1.165, 1.54) is 90.9 Å². The van der Waals surface area contributed by atoms with Crippen LogP contribution in [0.2, 0.25) is 0 Å². The molecule has 0 aromatic carbocycles. The molecule has 0 amide bonds. The standard InChI is InChI=1S/C27H54N6S/c1-21-17-31(27-11-15-33(34-6)16-12-27)20-25(28-21)8-7-22(2)30-13-9-26(10-14-30)32-18-23(3)29(5)24(4)19-32/h21-28H,7-20H2,1-6H3/t21-,22?,23-,24+,25+/m0/s1. The number of piperazine rings is 2. The van der Waals surface area contributed by atoms with E-state index in [1.54, 1.807) is 0 Å².